The van der Waals surface area contributed by atoms with E-state index in [-0.39, 0.29) is 12.4 Å². The average Bonchev–Trinajstić information content (AvgIpc) is 2.80. The SMILES string of the molecule is COc1ccc(Nc2ncnc3sc(C)cc23)cc1Cl.Cl. The van der Waals surface area contributed by atoms with Crippen LogP contribution in [0.5, 0.6) is 5.75 Å². The van der Waals surface area contributed by atoms with Crippen LogP contribution in [-0.4, -0.2) is 17.1 Å². The maximum Gasteiger partial charge on any atom is 0.142 e. The standard InChI is InChI=1S/C14H12ClN3OS.ClH/c1-8-5-10-13(16-7-17-14(10)20-8)18-9-3-4-12(19-2)11(15)6-9;/h3-7H,1-2H3,(H,16,17,18);1H. The van der Waals surface area contributed by atoms with Gasteiger partial charge in [0.05, 0.1) is 17.5 Å². The summed E-state index contributed by atoms with van der Waals surface area (Å²) in [6, 6.07) is 7.61. The van der Waals surface area contributed by atoms with Gasteiger partial charge in [0.2, 0.25) is 0 Å². The Morgan fingerprint density at radius 1 is 1.24 bits per heavy atom. The van der Waals surface area contributed by atoms with Crippen LogP contribution in [0.1, 0.15) is 4.88 Å². The topological polar surface area (TPSA) is 47.0 Å². The number of aromatic nitrogens is 2. The minimum atomic E-state index is 0. The van der Waals surface area contributed by atoms with Gasteiger partial charge in [-0.15, -0.1) is 23.7 Å². The van der Waals surface area contributed by atoms with E-state index in [2.05, 4.69) is 28.3 Å². The molecule has 0 unspecified atom stereocenters. The molecule has 7 heteroatoms. The lowest BCUT2D eigenvalue weighted by molar-refractivity contribution is 0.415. The van der Waals surface area contributed by atoms with E-state index in [4.69, 9.17) is 16.3 Å². The number of hydrogen-bond donors (Lipinski definition) is 1. The molecule has 0 amide bonds. The summed E-state index contributed by atoms with van der Waals surface area (Å²) >= 11 is 7.77. The van der Waals surface area contributed by atoms with Crippen molar-refractivity contribution in [2.24, 2.45) is 0 Å². The number of fused-ring (bicyclic) bond motifs is 1. The maximum atomic E-state index is 6.12. The lowest BCUT2D eigenvalue weighted by atomic mass is 10.3. The minimum Gasteiger partial charge on any atom is -0.495 e. The molecule has 0 spiro atoms. The number of hydrogen-bond acceptors (Lipinski definition) is 5. The van der Waals surface area contributed by atoms with Gasteiger partial charge >= 0.3 is 0 Å². The van der Waals surface area contributed by atoms with Crippen molar-refractivity contribution in [3.63, 3.8) is 0 Å². The van der Waals surface area contributed by atoms with Crippen LogP contribution in [0.4, 0.5) is 11.5 Å². The molecule has 0 saturated heterocycles. The average molecular weight is 342 g/mol. The molecule has 0 bridgehead atoms. The van der Waals surface area contributed by atoms with E-state index < -0.39 is 0 Å². The van der Waals surface area contributed by atoms with Gasteiger partial charge in [0.25, 0.3) is 0 Å². The molecule has 0 saturated carbocycles. The fourth-order valence-electron chi connectivity index (χ4n) is 1.96. The van der Waals surface area contributed by atoms with Gasteiger partial charge in [0.1, 0.15) is 22.7 Å². The largest absolute Gasteiger partial charge is 0.495 e. The Labute approximate surface area is 137 Å². The minimum absolute atomic E-state index is 0. The summed E-state index contributed by atoms with van der Waals surface area (Å²) in [6.07, 6.45) is 1.56. The fraction of sp³-hybridized carbons (Fsp3) is 0.143. The zero-order valence-electron chi connectivity index (χ0n) is 11.4. The van der Waals surface area contributed by atoms with E-state index >= 15 is 0 Å². The predicted octanol–water partition coefficient (Wildman–Crippen LogP) is 4.83. The molecule has 2 aromatic heterocycles. The highest BCUT2D eigenvalue weighted by Crippen LogP contribution is 2.32. The third kappa shape index (κ3) is 3.20. The predicted molar refractivity (Wildman–Crippen MR) is 90.7 cm³/mol. The van der Waals surface area contributed by atoms with E-state index in [1.54, 1.807) is 24.8 Å². The summed E-state index contributed by atoms with van der Waals surface area (Å²) in [4.78, 5) is 10.7. The first-order valence-electron chi connectivity index (χ1n) is 5.99. The first kappa shape index (κ1) is 15.8. The van der Waals surface area contributed by atoms with Crippen molar-refractivity contribution < 1.29 is 4.74 Å². The van der Waals surface area contributed by atoms with Crippen LogP contribution in [0.2, 0.25) is 5.02 Å². The number of nitrogens with one attached hydrogen (secondary N) is 1. The van der Waals surface area contributed by atoms with Gasteiger partial charge in [-0.1, -0.05) is 11.6 Å². The molecule has 21 heavy (non-hydrogen) atoms. The van der Waals surface area contributed by atoms with Crippen LogP contribution < -0.4 is 10.1 Å². The Morgan fingerprint density at radius 3 is 2.76 bits per heavy atom. The molecular weight excluding hydrogens is 329 g/mol. The van der Waals surface area contributed by atoms with Crippen LogP contribution >= 0.6 is 35.3 Å². The number of benzene rings is 1. The van der Waals surface area contributed by atoms with Crippen molar-refractivity contribution in [1.29, 1.82) is 0 Å². The summed E-state index contributed by atoms with van der Waals surface area (Å²) < 4.78 is 5.14. The quantitative estimate of drug-likeness (QED) is 0.741. The summed E-state index contributed by atoms with van der Waals surface area (Å²) in [5, 5.41) is 4.84. The molecule has 1 aromatic carbocycles. The Balaban J connectivity index is 0.00000161. The Hall–Kier alpha value is -1.56. The molecule has 0 aliphatic heterocycles. The molecule has 2 heterocycles. The molecular formula is C14H13Cl2N3OS. The third-order valence-corrected chi connectivity index (χ3v) is 4.12. The highest BCUT2D eigenvalue weighted by molar-refractivity contribution is 7.18. The normalized spacial score (nSPS) is 10.2. The van der Waals surface area contributed by atoms with Gasteiger partial charge in [-0.2, -0.15) is 0 Å². The zero-order valence-corrected chi connectivity index (χ0v) is 13.8. The Morgan fingerprint density at radius 2 is 2.05 bits per heavy atom. The van der Waals surface area contributed by atoms with Crippen molar-refractivity contribution in [3.05, 3.63) is 40.5 Å². The fourth-order valence-corrected chi connectivity index (χ4v) is 3.06. The molecule has 0 radical (unpaired) electrons. The Bertz CT molecular complexity index is 776. The van der Waals surface area contributed by atoms with Crippen molar-refractivity contribution in [1.82, 2.24) is 9.97 Å². The molecule has 0 atom stereocenters. The van der Waals surface area contributed by atoms with Crippen LogP contribution in [0, 0.1) is 6.92 Å². The van der Waals surface area contributed by atoms with Crippen LogP contribution in [-0.2, 0) is 0 Å². The molecule has 0 fully saturated rings. The van der Waals surface area contributed by atoms with Gasteiger partial charge in [0, 0.05) is 10.6 Å². The number of nitrogens with zero attached hydrogens (tertiary/aromatic N) is 2. The molecule has 1 N–H and O–H groups in total. The Kier molecular flexibility index (Phi) is 4.88. The third-order valence-electron chi connectivity index (χ3n) is 2.87. The highest BCUT2D eigenvalue weighted by atomic mass is 35.5. The maximum absolute atomic E-state index is 6.12. The van der Waals surface area contributed by atoms with Crippen LogP contribution in [0.3, 0.4) is 0 Å². The van der Waals surface area contributed by atoms with Crippen LogP contribution in [0.25, 0.3) is 10.2 Å². The lowest BCUT2D eigenvalue weighted by Gasteiger charge is -2.08. The number of methoxy groups -OCH3 is 1. The lowest BCUT2D eigenvalue weighted by Crippen LogP contribution is -1.95. The summed E-state index contributed by atoms with van der Waals surface area (Å²) in [5.74, 6) is 1.43. The molecule has 3 rings (SSSR count). The summed E-state index contributed by atoms with van der Waals surface area (Å²) in [7, 11) is 1.59. The molecule has 4 nitrogen and oxygen atoms in total. The van der Waals surface area contributed by atoms with Gasteiger partial charge in [-0.3, -0.25) is 0 Å². The summed E-state index contributed by atoms with van der Waals surface area (Å²) in [6.45, 7) is 2.06. The molecule has 110 valence electrons. The first-order chi connectivity index (χ1) is 9.67. The number of thiophene rings is 1. The van der Waals surface area contributed by atoms with Crippen molar-refractivity contribution >= 4 is 57.1 Å². The first-order valence-corrected chi connectivity index (χ1v) is 7.18. The van der Waals surface area contributed by atoms with Gasteiger partial charge in [-0.05, 0) is 31.2 Å². The van der Waals surface area contributed by atoms with Crippen LogP contribution in [0.15, 0.2) is 30.6 Å². The number of rotatable bonds is 3. The second-order valence-electron chi connectivity index (χ2n) is 4.27. The summed E-state index contributed by atoms with van der Waals surface area (Å²) in [5.41, 5.74) is 0.861. The molecule has 0 aliphatic carbocycles. The van der Waals surface area contributed by atoms with E-state index in [9.17, 15) is 0 Å². The van der Waals surface area contributed by atoms with Crippen molar-refractivity contribution in [3.8, 4) is 5.75 Å². The van der Waals surface area contributed by atoms with Gasteiger partial charge in [0.15, 0.2) is 0 Å². The molecule has 0 aliphatic rings. The molecule has 3 aromatic rings. The number of aryl methyl sites for hydroxylation is 1. The van der Waals surface area contributed by atoms with Crippen molar-refractivity contribution in [2.75, 3.05) is 12.4 Å². The number of anilines is 2. The highest BCUT2D eigenvalue weighted by Gasteiger charge is 2.08. The second kappa shape index (κ2) is 6.47. The number of halogens is 2. The monoisotopic (exact) mass is 341 g/mol. The van der Waals surface area contributed by atoms with E-state index in [0.29, 0.717) is 10.8 Å². The van der Waals surface area contributed by atoms with Crippen molar-refractivity contribution in [2.45, 2.75) is 6.92 Å². The zero-order chi connectivity index (χ0) is 14.1. The van der Waals surface area contributed by atoms with Gasteiger partial charge in [-0.25, -0.2) is 9.97 Å². The van der Waals surface area contributed by atoms with E-state index in [1.165, 1.54) is 4.88 Å². The van der Waals surface area contributed by atoms with E-state index in [1.807, 2.05) is 18.2 Å². The number of ether oxygens (including phenoxy) is 1. The smallest absolute Gasteiger partial charge is 0.142 e. The van der Waals surface area contributed by atoms with Gasteiger partial charge < -0.3 is 10.1 Å². The van der Waals surface area contributed by atoms with E-state index in [0.717, 1.165) is 21.7 Å². The second-order valence-corrected chi connectivity index (χ2v) is 5.91.